The van der Waals surface area contributed by atoms with Crippen LogP contribution in [0.5, 0.6) is 0 Å². The van der Waals surface area contributed by atoms with E-state index in [1.54, 1.807) is 0 Å². The van der Waals surface area contributed by atoms with Crippen LogP contribution in [0.25, 0.3) is 0 Å². The van der Waals surface area contributed by atoms with Crippen LogP contribution in [0.15, 0.2) is 0 Å². The lowest BCUT2D eigenvalue weighted by Crippen LogP contribution is -2.60. The maximum atomic E-state index is 12.9. The fourth-order valence-electron chi connectivity index (χ4n) is 8.68. The van der Waals surface area contributed by atoms with Gasteiger partial charge in [0.05, 0.1) is 19.8 Å². The van der Waals surface area contributed by atoms with E-state index < -0.39 is 59.8 Å². The highest BCUT2D eigenvalue weighted by Crippen LogP contribution is 2.26. The average molecular weight is 937 g/mol. The highest BCUT2D eigenvalue weighted by Gasteiger charge is 2.48. The number of carbonyl (C=O) groups is 1. The Morgan fingerprint density at radius 2 is 0.891 bits per heavy atom. The first kappa shape index (κ1) is 61.1. The molecule has 0 aromatic heterocycles. The minimum absolute atomic E-state index is 0.0447. The number of esters is 1. The summed E-state index contributed by atoms with van der Waals surface area (Å²) >= 11 is 0. The molecule has 382 valence electrons. The van der Waals surface area contributed by atoms with Gasteiger partial charge in [-0.3, -0.25) is 9.35 Å². The minimum atomic E-state index is -5.06. The first-order valence-corrected chi connectivity index (χ1v) is 28.2. The summed E-state index contributed by atoms with van der Waals surface area (Å²) < 4.78 is 59.2. The molecule has 1 heterocycles. The van der Waals surface area contributed by atoms with Gasteiger partial charge in [0, 0.05) is 13.0 Å². The zero-order chi connectivity index (χ0) is 46.8. The smallest absolute Gasteiger partial charge is 0.397 e. The van der Waals surface area contributed by atoms with Crippen molar-refractivity contribution in [2.24, 2.45) is 0 Å². The number of carbonyl (C=O) groups excluding carboxylic acids is 1. The highest BCUT2D eigenvalue weighted by molar-refractivity contribution is 7.80. The van der Waals surface area contributed by atoms with Gasteiger partial charge in [-0.2, -0.15) is 8.42 Å². The lowest BCUT2D eigenvalue weighted by atomic mass is 9.99. The van der Waals surface area contributed by atoms with Crippen molar-refractivity contribution in [3.05, 3.63) is 0 Å². The normalized spacial score (nSPS) is 19.6. The van der Waals surface area contributed by atoms with Crippen molar-refractivity contribution < 1.29 is 56.2 Å². The van der Waals surface area contributed by atoms with Crippen LogP contribution < -0.4 is 0 Å². The fraction of sp³-hybridized carbons (Fsp3) is 0.980. The molecular weight excluding hydrogens is 837 g/mol. The molecule has 0 saturated carbocycles. The molecule has 1 rings (SSSR count). The van der Waals surface area contributed by atoms with E-state index in [0.717, 1.165) is 38.5 Å². The van der Waals surface area contributed by atoms with E-state index in [9.17, 15) is 33.1 Å². The zero-order valence-corrected chi connectivity index (χ0v) is 41.9. The van der Waals surface area contributed by atoms with E-state index in [2.05, 4.69) is 18.0 Å². The van der Waals surface area contributed by atoms with Crippen LogP contribution in [0.3, 0.4) is 0 Å². The first-order valence-electron chi connectivity index (χ1n) is 26.8. The molecule has 0 spiro atoms. The topological polar surface area (TPSA) is 178 Å². The summed E-state index contributed by atoms with van der Waals surface area (Å²) in [5.74, 6) is -0.391. The van der Waals surface area contributed by atoms with Crippen LogP contribution in [0.4, 0.5) is 0 Å². The van der Waals surface area contributed by atoms with Gasteiger partial charge < -0.3 is 34.3 Å². The minimum Gasteiger partial charge on any atom is -0.457 e. The molecule has 1 aliphatic rings. The average Bonchev–Trinajstić information content (AvgIpc) is 3.27. The van der Waals surface area contributed by atoms with Crippen molar-refractivity contribution in [3.8, 4) is 0 Å². The number of hydrogen-bond acceptors (Lipinski definition) is 11. The molecule has 0 aromatic carbocycles. The third kappa shape index (κ3) is 36.2. The van der Waals surface area contributed by atoms with Gasteiger partial charge in [0.1, 0.15) is 30.5 Å². The third-order valence-electron chi connectivity index (χ3n) is 12.7. The van der Waals surface area contributed by atoms with Gasteiger partial charge in [-0.15, -0.1) is 0 Å². The third-order valence-corrected chi connectivity index (χ3v) is 13.2. The zero-order valence-electron chi connectivity index (χ0n) is 41.1. The van der Waals surface area contributed by atoms with Gasteiger partial charge in [0.15, 0.2) is 6.29 Å². The van der Waals surface area contributed by atoms with Crippen molar-refractivity contribution in [3.63, 3.8) is 0 Å². The molecule has 0 aliphatic carbocycles. The Labute approximate surface area is 392 Å². The fourth-order valence-corrected chi connectivity index (χ4v) is 9.18. The molecule has 4 N–H and O–H groups in total. The van der Waals surface area contributed by atoms with Crippen LogP contribution >= 0.6 is 0 Å². The molecule has 0 radical (unpaired) electrons. The Morgan fingerprint density at radius 1 is 0.531 bits per heavy atom. The van der Waals surface area contributed by atoms with Crippen molar-refractivity contribution in [2.75, 3.05) is 26.4 Å². The Morgan fingerprint density at radius 3 is 1.25 bits per heavy atom. The molecule has 6 atom stereocenters. The van der Waals surface area contributed by atoms with Gasteiger partial charge in [-0.05, 0) is 12.8 Å². The lowest BCUT2D eigenvalue weighted by Gasteiger charge is -2.41. The van der Waals surface area contributed by atoms with Crippen molar-refractivity contribution >= 4 is 16.4 Å². The maximum Gasteiger partial charge on any atom is 0.397 e. The van der Waals surface area contributed by atoms with E-state index in [4.69, 9.17) is 18.9 Å². The lowest BCUT2D eigenvalue weighted by molar-refractivity contribution is -0.301. The monoisotopic (exact) mass is 937 g/mol. The Hall–Kier alpha value is -0.900. The molecule has 1 fully saturated rings. The molecule has 0 aromatic rings. The number of hydrogen-bond donors (Lipinski definition) is 4. The van der Waals surface area contributed by atoms with E-state index >= 15 is 0 Å². The number of rotatable bonds is 48. The Balaban J connectivity index is 2.25. The second-order valence-electron chi connectivity index (χ2n) is 18.8. The maximum absolute atomic E-state index is 12.9. The molecule has 6 unspecified atom stereocenters. The summed E-state index contributed by atoms with van der Waals surface area (Å²) in [5.41, 5.74) is 0. The second kappa shape index (κ2) is 43.4. The summed E-state index contributed by atoms with van der Waals surface area (Å²) in [6.07, 6.45) is 38.6. The summed E-state index contributed by atoms with van der Waals surface area (Å²) in [6.45, 7) is 4.05. The molecule has 1 saturated heterocycles. The predicted octanol–water partition coefficient (Wildman–Crippen LogP) is 12.4. The largest absolute Gasteiger partial charge is 0.457 e. The highest BCUT2D eigenvalue weighted by atomic mass is 32.3. The van der Waals surface area contributed by atoms with E-state index in [0.29, 0.717) is 13.0 Å². The molecular formula is C51H100O12S. The number of ether oxygens (including phenoxy) is 4. The SMILES string of the molecule is CCCCCCCCCCCCCCCCCCCCCCCCCCCC(=O)OC(COCCCCCCCCCCCCCC)COC1OC(CO)C(O)C(OS(=O)(=O)O)C1O. The van der Waals surface area contributed by atoms with Gasteiger partial charge >= 0.3 is 16.4 Å². The summed E-state index contributed by atoms with van der Waals surface area (Å²) in [7, 11) is -5.06. The van der Waals surface area contributed by atoms with Crippen LogP contribution in [0.2, 0.25) is 0 Å². The van der Waals surface area contributed by atoms with Gasteiger partial charge in [0.25, 0.3) is 0 Å². The van der Waals surface area contributed by atoms with E-state index in [1.165, 1.54) is 193 Å². The predicted molar refractivity (Wildman–Crippen MR) is 258 cm³/mol. The van der Waals surface area contributed by atoms with E-state index in [1.807, 2.05) is 0 Å². The van der Waals surface area contributed by atoms with Crippen LogP contribution in [0.1, 0.15) is 258 Å². The van der Waals surface area contributed by atoms with Crippen LogP contribution in [-0.4, -0.2) is 97.5 Å². The number of unbranched alkanes of at least 4 members (excludes halogenated alkanes) is 35. The molecule has 12 nitrogen and oxygen atoms in total. The van der Waals surface area contributed by atoms with Gasteiger partial charge in [-0.25, -0.2) is 4.18 Å². The standard InChI is InChI=1S/C51H100O12S/c1-3-5-7-9-11-13-15-17-18-19-20-21-22-23-24-25-26-27-28-29-30-32-34-36-38-40-47(53)61-45(43-59-41-39-37-35-33-31-16-14-12-10-8-6-4-2)44-60-51-49(55)50(63-64(56,57)58)48(54)46(42-52)62-51/h45-46,48-52,54-55H,3-44H2,1-2H3,(H,56,57,58). The summed E-state index contributed by atoms with van der Waals surface area (Å²) in [4.78, 5) is 12.9. The van der Waals surface area contributed by atoms with Crippen LogP contribution in [-0.2, 0) is 38.3 Å². The molecule has 1 aliphatic heterocycles. The molecule has 0 amide bonds. The van der Waals surface area contributed by atoms with E-state index in [-0.39, 0.29) is 19.6 Å². The molecule has 13 heteroatoms. The Bertz CT molecular complexity index is 1130. The molecule has 0 bridgehead atoms. The van der Waals surface area contributed by atoms with Crippen LogP contribution in [0, 0.1) is 0 Å². The number of aliphatic hydroxyl groups excluding tert-OH is 3. The van der Waals surface area contributed by atoms with Crippen molar-refractivity contribution in [2.45, 2.75) is 295 Å². The van der Waals surface area contributed by atoms with Gasteiger partial charge in [-0.1, -0.05) is 239 Å². The van der Waals surface area contributed by atoms with Gasteiger partial charge in [0.2, 0.25) is 0 Å². The van der Waals surface area contributed by atoms with Crippen molar-refractivity contribution in [1.29, 1.82) is 0 Å². The van der Waals surface area contributed by atoms with Crippen molar-refractivity contribution in [1.82, 2.24) is 0 Å². The summed E-state index contributed by atoms with van der Waals surface area (Å²) in [6, 6.07) is 0. The quantitative estimate of drug-likeness (QED) is 0.0258. The summed E-state index contributed by atoms with van der Waals surface area (Å²) in [5, 5.41) is 30.7. The Kier molecular flexibility index (Phi) is 41.4. The number of aliphatic hydroxyl groups is 3. The second-order valence-corrected chi connectivity index (χ2v) is 19.9. The molecule has 64 heavy (non-hydrogen) atoms. The first-order chi connectivity index (χ1) is 31.1.